The van der Waals surface area contributed by atoms with Gasteiger partial charge in [0.25, 0.3) is 0 Å². The second-order valence-electron chi connectivity index (χ2n) is 8.26. The highest BCUT2D eigenvalue weighted by molar-refractivity contribution is 7.92. The van der Waals surface area contributed by atoms with Gasteiger partial charge in [0.05, 0.1) is 10.5 Å². The number of aliphatic imine (C=N–C) groups is 1. The van der Waals surface area contributed by atoms with Crippen molar-refractivity contribution in [3.8, 4) is 0 Å². The summed E-state index contributed by atoms with van der Waals surface area (Å²) in [5, 5.41) is 3.24. The Morgan fingerprint density at radius 1 is 1.14 bits per heavy atom. The number of nitrogens with zero attached hydrogens (tertiary/aromatic N) is 3. The summed E-state index contributed by atoms with van der Waals surface area (Å²) in [6.45, 7) is 11.6. The first kappa shape index (κ1) is 22.7. The molecule has 7 heteroatoms. The van der Waals surface area contributed by atoms with Crippen molar-refractivity contribution in [2.45, 2.75) is 44.9 Å². The van der Waals surface area contributed by atoms with Gasteiger partial charge in [-0.05, 0) is 32.8 Å². The van der Waals surface area contributed by atoms with Crippen LogP contribution in [0.1, 0.15) is 45.7 Å². The summed E-state index contributed by atoms with van der Waals surface area (Å²) < 4.78 is 23.8. The Morgan fingerprint density at radius 3 is 2.25 bits per heavy atom. The van der Waals surface area contributed by atoms with Crippen LogP contribution in [0.25, 0.3) is 0 Å². The van der Waals surface area contributed by atoms with Gasteiger partial charge in [-0.3, -0.25) is 9.89 Å². The molecular formula is C21H36N4O2S. The van der Waals surface area contributed by atoms with Crippen molar-refractivity contribution >= 4 is 15.8 Å². The fourth-order valence-electron chi connectivity index (χ4n) is 3.56. The maximum Gasteiger partial charge on any atom is 0.193 e. The van der Waals surface area contributed by atoms with E-state index in [1.165, 1.54) is 5.56 Å². The van der Waals surface area contributed by atoms with Crippen LogP contribution >= 0.6 is 0 Å². The van der Waals surface area contributed by atoms with E-state index in [-0.39, 0.29) is 5.75 Å². The highest BCUT2D eigenvalue weighted by Gasteiger charge is 2.29. The van der Waals surface area contributed by atoms with Crippen molar-refractivity contribution in [1.29, 1.82) is 0 Å². The SMILES string of the molecule is CCC(c1ccccc1)N1CCN(C(=NC)NCCS(=O)(=O)C(C)(C)C)CC1. The lowest BCUT2D eigenvalue weighted by Crippen LogP contribution is -2.53. The number of benzene rings is 1. The Labute approximate surface area is 170 Å². The summed E-state index contributed by atoms with van der Waals surface area (Å²) in [6.07, 6.45) is 1.08. The molecule has 1 saturated heterocycles. The third-order valence-electron chi connectivity index (χ3n) is 5.42. The molecule has 0 aromatic heterocycles. The highest BCUT2D eigenvalue weighted by Crippen LogP contribution is 2.25. The minimum atomic E-state index is -3.13. The van der Waals surface area contributed by atoms with E-state index in [0.717, 1.165) is 38.6 Å². The number of hydrogen-bond acceptors (Lipinski definition) is 4. The summed E-state index contributed by atoms with van der Waals surface area (Å²) in [6, 6.07) is 11.1. The number of sulfone groups is 1. The Balaban J connectivity index is 1.89. The van der Waals surface area contributed by atoms with E-state index in [1.54, 1.807) is 27.8 Å². The van der Waals surface area contributed by atoms with Crippen molar-refractivity contribution in [3.63, 3.8) is 0 Å². The largest absolute Gasteiger partial charge is 0.355 e. The summed E-state index contributed by atoms with van der Waals surface area (Å²) in [7, 11) is -1.37. The van der Waals surface area contributed by atoms with Gasteiger partial charge in [-0.25, -0.2) is 8.42 Å². The van der Waals surface area contributed by atoms with Crippen molar-refractivity contribution < 1.29 is 8.42 Å². The normalized spacial score (nSPS) is 18.2. The zero-order chi connectivity index (χ0) is 20.8. The first-order valence-electron chi connectivity index (χ1n) is 10.2. The molecule has 0 spiro atoms. The summed E-state index contributed by atoms with van der Waals surface area (Å²) in [5.74, 6) is 0.901. The van der Waals surface area contributed by atoms with E-state index < -0.39 is 14.6 Å². The van der Waals surface area contributed by atoms with Crippen molar-refractivity contribution in [3.05, 3.63) is 35.9 Å². The third kappa shape index (κ3) is 5.70. The zero-order valence-corrected chi connectivity index (χ0v) is 18.8. The molecule has 0 amide bonds. The van der Waals surface area contributed by atoms with E-state index in [4.69, 9.17) is 0 Å². The molecule has 1 aliphatic rings. The lowest BCUT2D eigenvalue weighted by Gasteiger charge is -2.40. The van der Waals surface area contributed by atoms with Gasteiger partial charge in [-0.15, -0.1) is 0 Å². The maximum absolute atomic E-state index is 12.3. The van der Waals surface area contributed by atoms with Crippen LogP contribution in [0.4, 0.5) is 0 Å². The minimum absolute atomic E-state index is 0.113. The van der Waals surface area contributed by atoms with Crippen LogP contribution in [0.5, 0.6) is 0 Å². The van der Waals surface area contributed by atoms with Crippen molar-refractivity contribution in [2.24, 2.45) is 4.99 Å². The highest BCUT2D eigenvalue weighted by atomic mass is 32.2. The van der Waals surface area contributed by atoms with Crippen LogP contribution in [-0.2, 0) is 9.84 Å². The predicted octanol–water partition coefficient (Wildman–Crippen LogP) is 2.54. The lowest BCUT2D eigenvalue weighted by atomic mass is 10.0. The van der Waals surface area contributed by atoms with Gasteiger partial charge in [0.1, 0.15) is 0 Å². The van der Waals surface area contributed by atoms with Gasteiger partial charge in [0.15, 0.2) is 15.8 Å². The van der Waals surface area contributed by atoms with Gasteiger partial charge >= 0.3 is 0 Å². The molecule has 1 atom stereocenters. The van der Waals surface area contributed by atoms with Gasteiger partial charge in [0, 0.05) is 45.8 Å². The quantitative estimate of drug-likeness (QED) is 0.579. The minimum Gasteiger partial charge on any atom is -0.355 e. The van der Waals surface area contributed by atoms with Crippen LogP contribution in [0, 0.1) is 0 Å². The molecule has 28 heavy (non-hydrogen) atoms. The average Bonchev–Trinajstić information content (AvgIpc) is 2.66. The smallest absolute Gasteiger partial charge is 0.193 e. The number of rotatable bonds is 6. The molecule has 6 nitrogen and oxygen atoms in total. The average molecular weight is 409 g/mol. The molecule has 0 bridgehead atoms. The molecule has 1 N–H and O–H groups in total. The van der Waals surface area contributed by atoms with Gasteiger partial charge in [-0.1, -0.05) is 37.3 Å². The number of piperazine rings is 1. The molecule has 1 unspecified atom stereocenters. The molecule has 1 aliphatic heterocycles. The van der Waals surface area contributed by atoms with Crippen LogP contribution in [0.3, 0.4) is 0 Å². The lowest BCUT2D eigenvalue weighted by molar-refractivity contribution is 0.127. The second-order valence-corrected chi connectivity index (χ2v) is 11.1. The van der Waals surface area contributed by atoms with Crippen LogP contribution in [0.15, 0.2) is 35.3 Å². The van der Waals surface area contributed by atoms with Crippen molar-refractivity contribution in [2.75, 3.05) is 45.5 Å². The molecule has 0 aliphatic carbocycles. The van der Waals surface area contributed by atoms with E-state index in [9.17, 15) is 8.42 Å². The fourth-order valence-corrected chi connectivity index (χ4v) is 4.54. The molecular weight excluding hydrogens is 372 g/mol. The molecule has 0 saturated carbocycles. The standard InChI is InChI=1S/C21H36N4O2S/c1-6-19(18-10-8-7-9-11-18)24-13-15-25(16-14-24)20(22-5)23-12-17-28(26,27)21(2,3)4/h7-11,19H,6,12-17H2,1-5H3,(H,22,23). The van der Waals surface area contributed by atoms with Crippen LogP contribution in [-0.4, -0.2) is 74.4 Å². The number of guanidine groups is 1. The zero-order valence-electron chi connectivity index (χ0n) is 18.0. The molecule has 158 valence electrons. The Kier molecular flexibility index (Phi) is 7.89. The summed E-state index contributed by atoms with van der Waals surface area (Å²) >= 11 is 0. The summed E-state index contributed by atoms with van der Waals surface area (Å²) in [4.78, 5) is 9.11. The molecule has 1 aromatic carbocycles. The molecule has 1 fully saturated rings. The van der Waals surface area contributed by atoms with Gasteiger partial charge in [0.2, 0.25) is 0 Å². The van der Waals surface area contributed by atoms with Gasteiger partial charge in [-0.2, -0.15) is 0 Å². The summed E-state index contributed by atoms with van der Waals surface area (Å²) in [5.41, 5.74) is 1.37. The van der Waals surface area contributed by atoms with Crippen molar-refractivity contribution in [1.82, 2.24) is 15.1 Å². The predicted molar refractivity (Wildman–Crippen MR) is 118 cm³/mol. The van der Waals surface area contributed by atoms with E-state index >= 15 is 0 Å². The van der Waals surface area contributed by atoms with Crippen LogP contribution < -0.4 is 5.32 Å². The fraction of sp³-hybridized carbons (Fsp3) is 0.667. The van der Waals surface area contributed by atoms with E-state index in [2.05, 4.69) is 57.4 Å². The molecule has 1 aromatic rings. The third-order valence-corrected chi connectivity index (χ3v) is 8.03. The first-order valence-corrected chi connectivity index (χ1v) is 11.8. The molecule has 0 radical (unpaired) electrons. The van der Waals surface area contributed by atoms with E-state index in [1.807, 2.05) is 0 Å². The van der Waals surface area contributed by atoms with Gasteiger partial charge < -0.3 is 10.2 Å². The molecule has 2 rings (SSSR count). The monoisotopic (exact) mass is 408 g/mol. The Morgan fingerprint density at radius 2 is 1.75 bits per heavy atom. The Hall–Kier alpha value is -1.60. The first-order chi connectivity index (χ1) is 13.2. The maximum atomic E-state index is 12.3. The van der Waals surface area contributed by atoms with Crippen LogP contribution in [0.2, 0.25) is 0 Å². The number of hydrogen-bond donors (Lipinski definition) is 1. The second kappa shape index (κ2) is 9.74. The Bertz CT molecular complexity index is 733. The van der Waals surface area contributed by atoms with E-state index in [0.29, 0.717) is 12.6 Å². The topological polar surface area (TPSA) is 65.0 Å². The number of nitrogens with one attached hydrogen (secondary N) is 1. The molecule has 1 heterocycles.